The molecule has 2 aromatic carbocycles. The number of halogens is 2. The van der Waals surface area contributed by atoms with Crippen molar-refractivity contribution in [3.05, 3.63) is 70.6 Å². The van der Waals surface area contributed by atoms with Crippen LogP contribution in [0.15, 0.2) is 63.9 Å². The molecule has 0 amide bonds. The maximum atomic E-state index is 5.31. The molecule has 0 aliphatic rings. The van der Waals surface area contributed by atoms with E-state index in [9.17, 15) is 0 Å². The van der Waals surface area contributed by atoms with Gasteiger partial charge in [-0.1, -0.05) is 58.4 Å². The third kappa shape index (κ3) is 2.02. The van der Waals surface area contributed by atoms with Crippen LogP contribution in [0.25, 0.3) is 10.8 Å². The maximum Gasteiger partial charge on any atom is 0.173 e. The Morgan fingerprint density at radius 1 is 0.889 bits per heavy atom. The van der Waals surface area contributed by atoms with E-state index < -0.39 is 0 Å². The van der Waals surface area contributed by atoms with Gasteiger partial charge in [-0.2, -0.15) is 0 Å². The Labute approximate surface area is 122 Å². The fourth-order valence-corrected chi connectivity index (χ4v) is 3.66. The fourth-order valence-electron chi connectivity index (χ4n) is 2.12. The lowest BCUT2D eigenvalue weighted by Crippen LogP contribution is -1.93. The summed E-state index contributed by atoms with van der Waals surface area (Å²) < 4.78 is 6.08. The van der Waals surface area contributed by atoms with Crippen LogP contribution in [0.3, 0.4) is 0 Å². The van der Waals surface area contributed by atoms with E-state index in [1.165, 1.54) is 16.3 Å². The van der Waals surface area contributed by atoms with Crippen LogP contribution in [0.4, 0.5) is 0 Å². The van der Waals surface area contributed by atoms with Crippen molar-refractivity contribution >= 4 is 42.6 Å². The van der Waals surface area contributed by atoms with Crippen molar-refractivity contribution in [2.24, 2.45) is 0 Å². The summed E-state index contributed by atoms with van der Waals surface area (Å²) in [5.41, 5.74) is 2.35. The molecule has 3 aromatic rings. The van der Waals surface area contributed by atoms with E-state index in [1.807, 2.05) is 6.07 Å². The summed E-state index contributed by atoms with van der Waals surface area (Å²) in [5, 5.41) is 2.51. The highest BCUT2D eigenvalue weighted by atomic mass is 79.9. The molecule has 3 heteroatoms. The first-order chi connectivity index (χ1) is 8.77. The SMILES string of the molecule is Brc1occc1C(Br)c1cccc2ccccc12. The second-order valence-electron chi connectivity index (χ2n) is 4.08. The van der Waals surface area contributed by atoms with E-state index >= 15 is 0 Å². The van der Waals surface area contributed by atoms with Gasteiger partial charge in [0, 0.05) is 5.56 Å². The van der Waals surface area contributed by atoms with Crippen LogP contribution in [-0.4, -0.2) is 0 Å². The molecular weight excluding hydrogens is 356 g/mol. The number of alkyl halides is 1. The molecule has 1 nitrogen and oxygen atoms in total. The van der Waals surface area contributed by atoms with Gasteiger partial charge in [0.15, 0.2) is 4.67 Å². The molecule has 0 saturated heterocycles. The molecule has 1 heterocycles. The van der Waals surface area contributed by atoms with E-state index in [4.69, 9.17) is 4.42 Å². The zero-order valence-electron chi connectivity index (χ0n) is 9.44. The second-order valence-corrected chi connectivity index (χ2v) is 5.72. The highest BCUT2D eigenvalue weighted by Gasteiger charge is 2.17. The Kier molecular flexibility index (Phi) is 3.27. The van der Waals surface area contributed by atoms with Gasteiger partial charge in [-0.15, -0.1) is 0 Å². The molecule has 1 unspecified atom stereocenters. The van der Waals surface area contributed by atoms with Gasteiger partial charge in [0.2, 0.25) is 0 Å². The molecule has 0 fully saturated rings. The number of fused-ring (bicyclic) bond motifs is 1. The smallest absolute Gasteiger partial charge is 0.173 e. The predicted octanol–water partition coefficient (Wildman–Crippen LogP) is 5.68. The topological polar surface area (TPSA) is 13.1 Å². The van der Waals surface area contributed by atoms with Crippen molar-refractivity contribution in [1.29, 1.82) is 0 Å². The summed E-state index contributed by atoms with van der Waals surface area (Å²) in [5.74, 6) is 0. The molecule has 0 radical (unpaired) electrons. The highest BCUT2D eigenvalue weighted by molar-refractivity contribution is 9.10. The Morgan fingerprint density at radius 2 is 1.67 bits per heavy atom. The first kappa shape index (κ1) is 12.0. The van der Waals surface area contributed by atoms with Gasteiger partial charge in [-0.25, -0.2) is 0 Å². The van der Waals surface area contributed by atoms with Crippen molar-refractivity contribution in [3.63, 3.8) is 0 Å². The Bertz CT molecular complexity index is 682. The molecule has 0 bridgehead atoms. The third-order valence-corrected chi connectivity index (χ3v) is 4.65. The average molecular weight is 366 g/mol. The number of hydrogen-bond acceptors (Lipinski definition) is 1. The van der Waals surface area contributed by atoms with Gasteiger partial charge in [0.25, 0.3) is 0 Å². The van der Waals surface area contributed by atoms with E-state index in [0.29, 0.717) is 0 Å². The number of furan rings is 1. The summed E-state index contributed by atoms with van der Waals surface area (Å²) in [4.78, 5) is 0.122. The fraction of sp³-hybridized carbons (Fsp3) is 0.0667. The molecule has 1 aromatic heterocycles. The minimum absolute atomic E-state index is 0.122. The summed E-state index contributed by atoms with van der Waals surface area (Å²) in [6.45, 7) is 0. The van der Waals surface area contributed by atoms with Crippen LogP contribution >= 0.6 is 31.9 Å². The Hall–Kier alpha value is -1.06. The van der Waals surface area contributed by atoms with Crippen molar-refractivity contribution < 1.29 is 4.42 Å². The van der Waals surface area contributed by atoms with Crippen LogP contribution in [0.5, 0.6) is 0 Å². The highest BCUT2D eigenvalue weighted by Crippen LogP contribution is 2.38. The van der Waals surface area contributed by atoms with Crippen molar-refractivity contribution in [2.45, 2.75) is 4.83 Å². The first-order valence-corrected chi connectivity index (χ1v) is 7.33. The zero-order valence-corrected chi connectivity index (χ0v) is 12.6. The summed E-state index contributed by atoms with van der Waals surface area (Å²) >= 11 is 7.19. The second kappa shape index (κ2) is 4.90. The number of rotatable bonds is 2. The molecule has 0 N–H and O–H groups in total. The first-order valence-electron chi connectivity index (χ1n) is 5.62. The van der Waals surface area contributed by atoms with E-state index in [-0.39, 0.29) is 4.83 Å². The van der Waals surface area contributed by atoms with E-state index in [1.54, 1.807) is 6.26 Å². The van der Waals surface area contributed by atoms with Crippen LogP contribution in [-0.2, 0) is 0 Å². The van der Waals surface area contributed by atoms with Gasteiger partial charge in [-0.3, -0.25) is 0 Å². The van der Waals surface area contributed by atoms with Crippen LogP contribution in [0.1, 0.15) is 16.0 Å². The summed E-state index contributed by atoms with van der Waals surface area (Å²) in [6.07, 6.45) is 1.69. The number of hydrogen-bond donors (Lipinski definition) is 0. The minimum Gasteiger partial charge on any atom is -0.457 e. The largest absolute Gasteiger partial charge is 0.457 e. The lowest BCUT2D eigenvalue weighted by atomic mass is 10.00. The quantitative estimate of drug-likeness (QED) is 0.532. The zero-order chi connectivity index (χ0) is 12.5. The molecule has 0 aliphatic heterocycles. The lowest BCUT2D eigenvalue weighted by Gasteiger charge is -2.12. The summed E-state index contributed by atoms with van der Waals surface area (Å²) in [7, 11) is 0. The van der Waals surface area contributed by atoms with Gasteiger partial charge in [0.05, 0.1) is 11.1 Å². The van der Waals surface area contributed by atoms with E-state index in [0.717, 1.165) is 10.2 Å². The number of benzene rings is 2. The summed E-state index contributed by atoms with van der Waals surface area (Å²) in [6, 6.07) is 16.7. The van der Waals surface area contributed by atoms with Crippen molar-refractivity contribution in [1.82, 2.24) is 0 Å². The van der Waals surface area contributed by atoms with Gasteiger partial charge >= 0.3 is 0 Å². The van der Waals surface area contributed by atoms with Crippen LogP contribution in [0, 0.1) is 0 Å². The molecular formula is C15H10Br2O. The van der Waals surface area contributed by atoms with Crippen LogP contribution in [0.2, 0.25) is 0 Å². The van der Waals surface area contributed by atoms with Crippen molar-refractivity contribution in [2.75, 3.05) is 0 Å². The molecule has 1 atom stereocenters. The molecule has 0 spiro atoms. The monoisotopic (exact) mass is 364 g/mol. The predicted molar refractivity (Wildman–Crippen MR) is 81.1 cm³/mol. The Morgan fingerprint density at radius 3 is 2.44 bits per heavy atom. The van der Waals surface area contributed by atoms with Gasteiger partial charge in [0.1, 0.15) is 0 Å². The van der Waals surface area contributed by atoms with Gasteiger partial charge in [-0.05, 0) is 38.3 Å². The van der Waals surface area contributed by atoms with Crippen LogP contribution < -0.4 is 0 Å². The standard InChI is InChI=1S/C15H10Br2O/c16-14(13-8-9-18-15(13)17)12-7-3-5-10-4-1-2-6-11(10)12/h1-9,14H. The molecule has 0 saturated carbocycles. The lowest BCUT2D eigenvalue weighted by molar-refractivity contribution is 0.537. The molecule has 18 heavy (non-hydrogen) atoms. The van der Waals surface area contributed by atoms with E-state index in [2.05, 4.69) is 74.3 Å². The molecule has 0 aliphatic carbocycles. The van der Waals surface area contributed by atoms with Crippen molar-refractivity contribution in [3.8, 4) is 0 Å². The molecule has 90 valence electrons. The Balaban J connectivity index is 2.18. The molecule has 3 rings (SSSR count). The normalized spacial score (nSPS) is 12.8. The van der Waals surface area contributed by atoms with Gasteiger partial charge < -0.3 is 4.42 Å². The third-order valence-electron chi connectivity index (χ3n) is 3.02. The minimum atomic E-state index is 0.122. The average Bonchev–Trinajstić information content (AvgIpc) is 2.83. The maximum absolute atomic E-state index is 5.31.